The van der Waals surface area contributed by atoms with Crippen molar-refractivity contribution in [2.24, 2.45) is 0 Å². The topological polar surface area (TPSA) is 45.2 Å². The molecule has 0 radical (unpaired) electrons. The van der Waals surface area contributed by atoms with Crippen molar-refractivity contribution in [3.8, 4) is 11.4 Å². The third-order valence-electron chi connectivity index (χ3n) is 11.7. The van der Waals surface area contributed by atoms with Crippen molar-refractivity contribution in [3.63, 3.8) is 0 Å². The summed E-state index contributed by atoms with van der Waals surface area (Å²) in [6.45, 7) is 6.62. The molecule has 0 N–H and O–H groups in total. The minimum absolute atomic E-state index is 0.534. The lowest BCUT2D eigenvalue weighted by molar-refractivity contribution is 0.962. The van der Waals surface area contributed by atoms with E-state index in [0.717, 1.165) is 56.5 Å². The highest BCUT2D eigenvalue weighted by atomic mass is 32.3. The molecule has 1 aliphatic rings. The fourth-order valence-corrected chi connectivity index (χ4v) is 13.8. The molecule has 5 nitrogen and oxygen atoms in total. The first-order chi connectivity index (χ1) is 31.1. The van der Waals surface area contributed by atoms with Crippen LogP contribution in [-0.4, -0.2) is 15.0 Å². The monoisotopic (exact) mass is 853 g/mol. The van der Waals surface area contributed by atoms with Crippen LogP contribution in [0.15, 0.2) is 236 Å². The Labute approximate surface area is 376 Å². The highest BCUT2D eigenvalue weighted by Gasteiger charge is 2.43. The lowest BCUT2D eigenvalue weighted by Crippen LogP contribution is -2.25. The Bertz CT molecular complexity index is 2990. The van der Waals surface area contributed by atoms with Crippen LogP contribution in [0.2, 0.25) is 0 Å². The Hall–Kier alpha value is -6.93. The molecule has 1 aromatic heterocycles. The van der Waals surface area contributed by atoms with Crippen molar-refractivity contribution in [3.05, 3.63) is 223 Å². The molecular formula is C56H47N5S2. The molecule has 0 fully saturated rings. The van der Waals surface area contributed by atoms with Crippen LogP contribution in [0.1, 0.15) is 30.5 Å². The molecule has 0 bridgehead atoms. The maximum absolute atomic E-state index is 5.63. The molecule has 1 aliphatic heterocycles. The summed E-state index contributed by atoms with van der Waals surface area (Å²) >= 11 is 1.74. The summed E-state index contributed by atoms with van der Waals surface area (Å²) in [6, 6.07) is 74.2. The molecule has 8 aromatic carbocycles. The zero-order valence-electron chi connectivity index (χ0n) is 35.6. The zero-order chi connectivity index (χ0) is 42.8. The molecule has 0 aliphatic carbocycles. The van der Waals surface area contributed by atoms with E-state index in [-0.39, 0.29) is 0 Å². The second-order valence-electron chi connectivity index (χ2n) is 15.5. The van der Waals surface area contributed by atoms with E-state index in [1.54, 1.807) is 11.8 Å². The van der Waals surface area contributed by atoms with Crippen molar-refractivity contribution >= 4 is 56.4 Å². The summed E-state index contributed by atoms with van der Waals surface area (Å²) in [6.07, 6.45) is 1.85. The number of fused-ring (bicyclic) bond motifs is 2. The summed E-state index contributed by atoms with van der Waals surface area (Å²) in [7, 11) is -2.00. The lowest BCUT2D eigenvalue weighted by Gasteiger charge is -2.49. The standard InChI is InChI=1S/C56H47N5S2/c1-4-41-34-36-47(40(3)38-41)60(48-30-18-20-32-51(48)62-44-24-12-7-13-25-44)55-57-54(43-22-10-6-11-23-43)58-56(59-55)61-49-31-19-21-33-52(49)63(45-26-14-8-15-27-45,46-28-16-9-17-29-46)53-39-42(5-2)35-37-50(53)61/h6-39H,4-5H2,1-3H3. The SMILES string of the molecule is CCc1ccc(N(c2nc(-c3ccccc3)nc(N3c4ccccc4S(c4ccccc4)(c4ccccc4)c4cc(CC)ccc43)n2)c2ccccc2Sc2ccccc2)c(C)c1. The molecule has 9 aromatic rings. The predicted molar refractivity (Wildman–Crippen MR) is 262 cm³/mol. The molecular weight excluding hydrogens is 807 g/mol. The summed E-state index contributed by atoms with van der Waals surface area (Å²) in [5.74, 6) is 1.68. The quantitative estimate of drug-likeness (QED) is 0.129. The molecule has 2 heterocycles. The van der Waals surface area contributed by atoms with Gasteiger partial charge in [0.1, 0.15) is 0 Å². The summed E-state index contributed by atoms with van der Waals surface area (Å²) in [4.78, 5) is 28.3. The summed E-state index contributed by atoms with van der Waals surface area (Å²) in [5, 5.41) is 0. The van der Waals surface area contributed by atoms with Gasteiger partial charge in [0.2, 0.25) is 11.9 Å². The van der Waals surface area contributed by atoms with Crippen LogP contribution in [0.4, 0.5) is 34.6 Å². The van der Waals surface area contributed by atoms with Gasteiger partial charge in [0.05, 0.1) is 22.7 Å². The number of aromatic nitrogens is 3. The molecule has 0 amide bonds. The van der Waals surface area contributed by atoms with Crippen molar-refractivity contribution in [1.29, 1.82) is 0 Å². The van der Waals surface area contributed by atoms with Crippen LogP contribution >= 0.6 is 21.8 Å². The van der Waals surface area contributed by atoms with Gasteiger partial charge in [-0.1, -0.05) is 153 Å². The number of anilines is 6. The van der Waals surface area contributed by atoms with Crippen LogP contribution in [0.5, 0.6) is 0 Å². The van der Waals surface area contributed by atoms with E-state index in [2.05, 4.69) is 219 Å². The van der Waals surface area contributed by atoms with Gasteiger partial charge in [0.25, 0.3) is 0 Å². The van der Waals surface area contributed by atoms with E-state index in [4.69, 9.17) is 15.0 Å². The first-order valence-electron chi connectivity index (χ1n) is 21.6. The van der Waals surface area contributed by atoms with Crippen molar-refractivity contribution < 1.29 is 0 Å². The molecule has 0 saturated heterocycles. The second-order valence-corrected chi connectivity index (χ2v) is 19.7. The molecule has 10 rings (SSSR count). The van der Waals surface area contributed by atoms with E-state index in [1.165, 1.54) is 30.7 Å². The average molecular weight is 854 g/mol. The first kappa shape index (κ1) is 40.2. The number of aryl methyl sites for hydroxylation is 3. The third-order valence-corrected chi connectivity index (χ3v) is 16.7. The highest BCUT2D eigenvalue weighted by Crippen LogP contribution is 2.79. The number of hydrogen-bond acceptors (Lipinski definition) is 6. The number of rotatable bonds is 11. The molecule has 308 valence electrons. The maximum atomic E-state index is 5.63. The van der Waals surface area contributed by atoms with E-state index < -0.39 is 10.0 Å². The number of nitrogens with zero attached hydrogens (tertiary/aromatic N) is 5. The molecule has 7 heteroatoms. The van der Waals surface area contributed by atoms with Gasteiger partial charge in [0, 0.05) is 34.9 Å². The van der Waals surface area contributed by atoms with Crippen molar-refractivity contribution in [2.45, 2.75) is 63.0 Å². The van der Waals surface area contributed by atoms with Crippen molar-refractivity contribution in [2.75, 3.05) is 9.80 Å². The van der Waals surface area contributed by atoms with E-state index in [0.29, 0.717) is 17.7 Å². The van der Waals surface area contributed by atoms with E-state index >= 15 is 0 Å². The van der Waals surface area contributed by atoms with Gasteiger partial charge in [-0.15, -0.1) is 10.0 Å². The van der Waals surface area contributed by atoms with Gasteiger partial charge < -0.3 is 0 Å². The largest absolute Gasteiger partial charge is 0.278 e. The Kier molecular flexibility index (Phi) is 11.1. The van der Waals surface area contributed by atoms with Gasteiger partial charge in [-0.05, 0) is 115 Å². The van der Waals surface area contributed by atoms with Gasteiger partial charge >= 0.3 is 0 Å². The fourth-order valence-electron chi connectivity index (χ4n) is 8.61. The average Bonchev–Trinajstić information content (AvgIpc) is 3.35. The lowest BCUT2D eigenvalue weighted by atomic mass is 10.1. The maximum Gasteiger partial charge on any atom is 0.240 e. The Morgan fingerprint density at radius 3 is 1.76 bits per heavy atom. The Morgan fingerprint density at radius 1 is 0.508 bits per heavy atom. The molecule has 0 unspecified atom stereocenters. The second kappa shape index (κ2) is 17.4. The molecule has 63 heavy (non-hydrogen) atoms. The Balaban J connectivity index is 1.27. The summed E-state index contributed by atoms with van der Waals surface area (Å²) < 4.78 is 0. The number of para-hydroxylation sites is 2. The zero-order valence-corrected chi connectivity index (χ0v) is 37.2. The fraction of sp³-hybridized carbons (Fsp3) is 0.0893. The predicted octanol–water partition coefficient (Wildman–Crippen LogP) is 15.7. The number of benzene rings is 8. The minimum Gasteiger partial charge on any atom is -0.278 e. The third kappa shape index (κ3) is 7.37. The van der Waals surface area contributed by atoms with E-state index in [1.807, 2.05) is 18.2 Å². The van der Waals surface area contributed by atoms with Gasteiger partial charge in [0.15, 0.2) is 5.82 Å². The van der Waals surface area contributed by atoms with Gasteiger partial charge in [-0.2, -0.15) is 15.0 Å². The normalized spacial score (nSPS) is 13.2. The molecule has 0 saturated carbocycles. The number of hydrogen-bond donors (Lipinski definition) is 0. The Morgan fingerprint density at radius 2 is 1.08 bits per heavy atom. The molecule has 0 atom stereocenters. The van der Waals surface area contributed by atoms with Crippen molar-refractivity contribution in [1.82, 2.24) is 15.0 Å². The smallest absolute Gasteiger partial charge is 0.240 e. The highest BCUT2D eigenvalue weighted by molar-refractivity contribution is 8.34. The van der Waals surface area contributed by atoms with Gasteiger partial charge in [-0.3, -0.25) is 9.80 Å². The van der Waals surface area contributed by atoms with Crippen LogP contribution < -0.4 is 9.80 Å². The van der Waals surface area contributed by atoms with Crippen LogP contribution in [0, 0.1) is 6.92 Å². The van der Waals surface area contributed by atoms with Crippen LogP contribution in [-0.2, 0) is 12.8 Å². The van der Waals surface area contributed by atoms with Crippen LogP contribution in [0.25, 0.3) is 11.4 Å². The van der Waals surface area contributed by atoms with Gasteiger partial charge in [-0.25, -0.2) is 0 Å². The van der Waals surface area contributed by atoms with E-state index in [9.17, 15) is 0 Å². The summed E-state index contributed by atoms with van der Waals surface area (Å²) in [5.41, 5.74) is 8.70. The molecule has 0 spiro atoms. The minimum atomic E-state index is -2.00. The van der Waals surface area contributed by atoms with Crippen LogP contribution in [0.3, 0.4) is 0 Å². The first-order valence-corrected chi connectivity index (χ1v) is 24.0.